The van der Waals surface area contributed by atoms with E-state index in [-0.39, 0.29) is 29.3 Å². The van der Waals surface area contributed by atoms with Crippen LogP contribution in [0.25, 0.3) is 0 Å². The van der Waals surface area contributed by atoms with Crippen molar-refractivity contribution in [3.05, 3.63) is 71.0 Å². The first kappa shape index (κ1) is 17.7. The SMILES string of the molecule is CN1CC(NC(=O)N2CCc3ccccc3C2c2ccc(F)cc2)C2(CC2)C1. The van der Waals surface area contributed by atoms with Crippen LogP contribution in [0.2, 0.25) is 0 Å². The van der Waals surface area contributed by atoms with Gasteiger partial charge in [-0.25, -0.2) is 9.18 Å². The van der Waals surface area contributed by atoms with Crippen molar-refractivity contribution >= 4 is 6.03 Å². The van der Waals surface area contributed by atoms with Gasteiger partial charge in [0.25, 0.3) is 0 Å². The number of fused-ring (bicyclic) bond motifs is 1. The average Bonchev–Trinajstić information content (AvgIpc) is 3.40. The number of hydrogen-bond donors (Lipinski definition) is 1. The van der Waals surface area contributed by atoms with Crippen LogP contribution in [0.15, 0.2) is 48.5 Å². The third kappa shape index (κ3) is 2.98. The highest BCUT2D eigenvalue weighted by atomic mass is 19.1. The predicted octanol–water partition coefficient (Wildman–Crippen LogP) is 3.58. The predicted molar refractivity (Wildman–Crippen MR) is 107 cm³/mol. The Kier molecular flexibility index (Phi) is 4.16. The number of nitrogens with zero attached hydrogens (tertiary/aromatic N) is 2. The maximum Gasteiger partial charge on any atom is 0.318 e. The second kappa shape index (κ2) is 6.59. The maximum atomic E-state index is 13.5. The fourth-order valence-electron chi connectivity index (χ4n) is 5.11. The van der Waals surface area contributed by atoms with Crippen LogP contribution in [0.1, 0.15) is 35.6 Å². The van der Waals surface area contributed by atoms with E-state index in [1.807, 2.05) is 17.0 Å². The third-order valence-electron chi connectivity index (χ3n) is 6.74. The van der Waals surface area contributed by atoms with Crippen molar-refractivity contribution in [2.24, 2.45) is 5.41 Å². The standard InChI is InChI=1S/C23H26FN3O/c1-26-14-20(23(15-26)11-12-23)25-22(28)27-13-10-16-4-2-3-5-19(16)21(27)17-6-8-18(24)9-7-17/h2-9,20-21H,10-15H2,1H3,(H,25,28). The van der Waals surface area contributed by atoms with Crippen LogP contribution >= 0.6 is 0 Å². The maximum absolute atomic E-state index is 13.5. The highest BCUT2D eigenvalue weighted by Crippen LogP contribution is 2.52. The highest BCUT2D eigenvalue weighted by molar-refractivity contribution is 5.76. The van der Waals surface area contributed by atoms with Gasteiger partial charge >= 0.3 is 6.03 Å². The molecule has 2 aliphatic heterocycles. The topological polar surface area (TPSA) is 35.6 Å². The largest absolute Gasteiger partial charge is 0.333 e. The lowest BCUT2D eigenvalue weighted by Crippen LogP contribution is -2.51. The van der Waals surface area contributed by atoms with E-state index in [9.17, 15) is 9.18 Å². The van der Waals surface area contributed by atoms with E-state index in [0.717, 1.165) is 30.6 Å². The number of rotatable bonds is 2. The van der Waals surface area contributed by atoms with Gasteiger partial charge in [-0.3, -0.25) is 0 Å². The van der Waals surface area contributed by atoms with E-state index in [1.54, 1.807) is 12.1 Å². The van der Waals surface area contributed by atoms with Gasteiger partial charge in [0.15, 0.2) is 0 Å². The first-order chi connectivity index (χ1) is 13.6. The fourth-order valence-corrected chi connectivity index (χ4v) is 5.11. The molecule has 0 bridgehead atoms. The molecule has 2 aromatic carbocycles. The van der Waals surface area contributed by atoms with Crippen molar-refractivity contribution in [1.29, 1.82) is 0 Å². The molecule has 28 heavy (non-hydrogen) atoms. The molecule has 5 heteroatoms. The lowest BCUT2D eigenvalue weighted by Gasteiger charge is -2.38. The average molecular weight is 379 g/mol. The summed E-state index contributed by atoms with van der Waals surface area (Å²) in [6.07, 6.45) is 3.25. The number of likely N-dealkylation sites (tertiary alicyclic amines) is 1. The molecule has 2 fully saturated rings. The second-order valence-electron chi connectivity index (χ2n) is 8.66. The Morgan fingerprint density at radius 2 is 1.89 bits per heavy atom. The summed E-state index contributed by atoms with van der Waals surface area (Å²) in [7, 11) is 2.13. The van der Waals surface area contributed by atoms with E-state index in [0.29, 0.717) is 6.54 Å². The van der Waals surface area contributed by atoms with Crippen molar-refractivity contribution < 1.29 is 9.18 Å². The number of amides is 2. The van der Waals surface area contributed by atoms with Crippen molar-refractivity contribution in [1.82, 2.24) is 15.1 Å². The lowest BCUT2D eigenvalue weighted by atomic mass is 9.88. The zero-order valence-corrected chi connectivity index (χ0v) is 16.2. The number of benzene rings is 2. The molecule has 4 nitrogen and oxygen atoms in total. The van der Waals surface area contributed by atoms with Gasteiger partial charge in [0.2, 0.25) is 0 Å². The van der Waals surface area contributed by atoms with E-state index < -0.39 is 0 Å². The van der Waals surface area contributed by atoms with Gasteiger partial charge in [-0.2, -0.15) is 0 Å². The zero-order valence-electron chi connectivity index (χ0n) is 16.2. The van der Waals surface area contributed by atoms with Gasteiger partial charge in [0.05, 0.1) is 12.1 Å². The number of nitrogens with one attached hydrogen (secondary N) is 1. The summed E-state index contributed by atoms with van der Waals surface area (Å²) in [5.41, 5.74) is 3.64. The number of carbonyl (C=O) groups excluding carboxylic acids is 1. The van der Waals surface area contributed by atoms with Crippen LogP contribution < -0.4 is 5.32 Å². The van der Waals surface area contributed by atoms with Crippen molar-refractivity contribution in [3.63, 3.8) is 0 Å². The van der Waals surface area contributed by atoms with Crippen molar-refractivity contribution in [3.8, 4) is 0 Å². The van der Waals surface area contributed by atoms with Crippen LogP contribution in [0, 0.1) is 11.2 Å². The second-order valence-corrected chi connectivity index (χ2v) is 8.66. The lowest BCUT2D eigenvalue weighted by molar-refractivity contribution is 0.173. The van der Waals surface area contributed by atoms with Gasteiger partial charge < -0.3 is 15.1 Å². The van der Waals surface area contributed by atoms with Crippen molar-refractivity contribution in [2.75, 3.05) is 26.7 Å². The summed E-state index contributed by atoms with van der Waals surface area (Å²) in [6, 6.07) is 14.9. The summed E-state index contributed by atoms with van der Waals surface area (Å²) in [4.78, 5) is 17.6. The monoisotopic (exact) mass is 379 g/mol. The molecule has 1 spiro atoms. The van der Waals surface area contributed by atoms with E-state index in [4.69, 9.17) is 0 Å². The zero-order chi connectivity index (χ0) is 19.3. The molecule has 1 saturated heterocycles. The molecule has 5 rings (SSSR count). The first-order valence-corrected chi connectivity index (χ1v) is 10.1. The van der Waals surface area contributed by atoms with E-state index in [1.165, 1.54) is 30.5 Å². The Morgan fingerprint density at radius 3 is 2.64 bits per heavy atom. The summed E-state index contributed by atoms with van der Waals surface area (Å²) in [6.45, 7) is 2.65. The summed E-state index contributed by atoms with van der Waals surface area (Å²) >= 11 is 0. The molecule has 2 atom stereocenters. The van der Waals surface area contributed by atoms with Gasteiger partial charge in [-0.15, -0.1) is 0 Å². The molecule has 2 heterocycles. The van der Waals surface area contributed by atoms with Crippen LogP contribution in [0.4, 0.5) is 9.18 Å². The summed E-state index contributed by atoms with van der Waals surface area (Å²) in [5.74, 6) is -0.256. The van der Waals surface area contributed by atoms with Crippen LogP contribution in [0.3, 0.4) is 0 Å². The number of likely N-dealkylation sites (N-methyl/N-ethyl adjacent to an activating group) is 1. The Hall–Kier alpha value is -2.40. The molecule has 1 aliphatic carbocycles. The molecule has 1 N–H and O–H groups in total. The molecule has 0 aromatic heterocycles. The Morgan fingerprint density at radius 1 is 1.14 bits per heavy atom. The highest BCUT2D eigenvalue weighted by Gasteiger charge is 2.55. The third-order valence-corrected chi connectivity index (χ3v) is 6.74. The molecular formula is C23H26FN3O. The van der Waals surface area contributed by atoms with Gasteiger partial charge in [-0.1, -0.05) is 36.4 Å². The minimum atomic E-state index is -0.256. The molecular weight excluding hydrogens is 353 g/mol. The molecule has 2 unspecified atom stereocenters. The molecule has 1 saturated carbocycles. The summed E-state index contributed by atoms with van der Waals surface area (Å²) in [5, 5.41) is 3.34. The number of urea groups is 1. The van der Waals surface area contributed by atoms with E-state index in [2.05, 4.69) is 29.4 Å². The molecule has 146 valence electrons. The number of halogens is 1. The van der Waals surface area contributed by atoms with Crippen LogP contribution in [0.5, 0.6) is 0 Å². The van der Waals surface area contributed by atoms with E-state index >= 15 is 0 Å². The van der Waals surface area contributed by atoms with Crippen LogP contribution in [-0.2, 0) is 6.42 Å². The Balaban J connectivity index is 1.45. The van der Waals surface area contributed by atoms with Gasteiger partial charge in [0, 0.05) is 25.0 Å². The quantitative estimate of drug-likeness (QED) is 0.866. The minimum absolute atomic E-state index is 0.00426. The van der Waals surface area contributed by atoms with Gasteiger partial charge in [0.1, 0.15) is 5.82 Å². The fraction of sp³-hybridized carbons (Fsp3) is 0.435. The smallest absolute Gasteiger partial charge is 0.318 e. The number of carbonyl (C=O) groups is 1. The normalized spacial score (nSPS) is 25.6. The summed E-state index contributed by atoms with van der Waals surface area (Å²) < 4.78 is 13.5. The van der Waals surface area contributed by atoms with Gasteiger partial charge in [-0.05, 0) is 55.1 Å². The van der Waals surface area contributed by atoms with Crippen LogP contribution in [-0.4, -0.2) is 48.6 Å². The molecule has 2 amide bonds. The number of hydrogen-bond acceptors (Lipinski definition) is 2. The van der Waals surface area contributed by atoms with Crippen molar-refractivity contribution in [2.45, 2.75) is 31.3 Å². The Bertz CT molecular complexity index is 893. The molecule has 3 aliphatic rings. The minimum Gasteiger partial charge on any atom is -0.333 e. The molecule has 2 aromatic rings. The molecule has 0 radical (unpaired) electrons. The first-order valence-electron chi connectivity index (χ1n) is 10.1. The Labute approximate surface area is 165 Å².